The fraction of sp³-hybridized carbons (Fsp3) is 0.263. The molecule has 25 heavy (non-hydrogen) atoms. The lowest BCUT2D eigenvalue weighted by Crippen LogP contribution is -2.31. The first-order chi connectivity index (χ1) is 12.0. The van der Waals surface area contributed by atoms with Gasteiger partial charge in [-0.25, -0.2) is 0 Å². The Hall–Kier alpha value is -2.04. The van der Waals surface area contributed by atoms with E-state index in [2.05, 4.69) is 5.32 Å². The summed E-state index contributed by atoms with van der Waals surface area (Å²) >= 11 is 12.0. The number of amides is 2. The van der Waals surface area contributed by atoms with Gasteiger partial charge in [0.05, 0.1) is 17.3 Å². The minimum absolute atomic E-state index is 0.0158. The first kappa shape index (κ1) is 17.8. The van der Waals surface area contributed by atoms with Gasteiger partial charge in [-0.15, -0.1) is 0 Å². The van der Waals surface area contributed by atoms with Crippen LogP contribution in [0.2, 0.25) is 10.0 Å². The van der Waals surface area contributed by atoms with Gasteiger partial charge >= 0.3 is 0 Å². The van der Waals surface area contributed by atoms with E-state index in [1.807, 2.05) is 19.1 Å². The number of carbonyl (C=O) groups is 2. The summed E-state index contributed by atoms with van der Waals surface area (Å²) in [7, 11) is 0. The Morgan fingerprint density at radius 3 is 2.44 bits per heavy atom. The van der Waals surface area contributed by atoms with Gasteiger partial charge in [-0.1, -0.05) is 35.3 Å². The van der Waals surface area contributed by atoms with Crippen LogP contribution in [0.1, 0.15) is 41.7 Å². The van der Waals surface area contributed by atoms with E-state index in [4.69, 9.17) is 23.2 Å². The third kappa shape index (κ3) is 3.97. The molecule has 6 heteroatoms. The molecule has 4 nitrogen and oxygen atoms in total. The van der Waals surface area contributed by atoms with Crippen LogP contribution in [-0.4, -0.2) is 18.4 Å². The number of hydrogen-bond donors (Lipinski definition) is 1. The Morgan fingerprint density at radius 2 is 1.80 bits per heavy atom. The Labute approximate surface area is 156 Å². The molecule has 1 saturated heterocycles. The lowest BCUT2D eigenvalue weighted by Gasteiger charge is -2.21. The number of nitrogens with zero attached hydrogens (tertiary/aromatic N) is 1. The molecule has 1 aliphatic heterocycles. The highest BCUT2D eigenvalue weighted by atomic mass is 35.5. The average Bonchev–Trinajstić information content (AvgIpc) is 3.01. The van der Waals surface area contributed by atoms with Gasteiger partial charge in [-0.3, -0.25) is 9.59 Å². The molecule has 3 rings (SSSR count). The van der Waals surface area contributed by atoms with Crippen LogP contribution in [0.25, 0.3) is 0 Å². The standard InChI is InChI=1S/C19H18Cl2N2O2/c1-12(13-4-6-14(20)7-5-13)22-19(25)16-9-8-15(21)11-17(16)23-10-2-3-18(23)24/h4-9,11-12H,2-3,10H2,1H3,(H,22,25). The van der Waals surface area contributed by atoms with Gasteiger partial charge in [0.25, 0.3) is 5.91 Å². The molecule has 2 aromatic carbocycles. The van der Waals surface area contributed by atoms with Gasteiger partial charge in [0.1, 0.15) is 0 Å². The van der Waals surface area contributed by atoms with Crippen molar-refractivity contribution in [2.24, 2.45) is 0 Å². The first-order valence-corrected chi connectivity index (χ1v) is 8.87. The van der Waals surface area contributed by atoms with Crippen LogP contribution < -0.4 is 10.2 Å². The zero-order chi connectivity index (χ0) is 18.0. The van der Waals surface area contributed by atoms with Crippen LogP contribution in [0.15, 0.2) is 42.5 Å². The fourth-order valence-corrected chi connectivity index (χ4v) is 3.22. The molecule has 1 N–H and O–H groups in total. The molecule has 1 unspecified atom stereocenters. The molecule has 1 heterocycles. The first-order valence-electron chi connectivity index (χ1n) is 8.12. The third-order valence-corrected chi connectivity index (χ3v) is 4.77. The van der Waals surface area contributed by atoms with Gasteiger partial charge in [0, 0.05) is 23.0 Å². The van der Waals surface area contributed by atoms with E-state index in [9.17, 15) is 9.59 Å². The van der Waals surface area contributed by atoms with E-state index in [-0.39, 0.29) is 17.9 Å². The van der Waals surface area contributed by atoms with Crippen LogP contribution in [0.4, 0.5) is 5.69 Å². The van der Waals surface area contributed by atoms with Crippen LogP contribution in [0.3, 0.4) is 0 Å². The maximum absolute atomic E-state index is 12.8. The van der Waals surface area contributed by atoms with Crippen molar-refractivity contribution >= 4 is 40.7 Å². The molecule has 0 spiro atoms. The zero-order valence-electron chi connectivity index (χ0n) is 13.8. The molecule has 0 aromatic heterocycles. The van der Waals surface area contributed by atoms with Crippen LogP contribution in [0.5, 0.6) is 0 Å². The molecular formula is C19H18Cl2N2O2. The number of rotatable bonds is 4. The summed E-state index contributed by atoms with van der Waals surface area (Å²) in [5.41, 5.74) is 1.96. The molecule has 1 fully saturated rings. The molecule has 0 aliphatic carbocycles. The number of halogens is 2. The van der Waals surface area contributed by atoms with E-state index in [1.54, 1.807) is 35.2 Å². The number of benzene rings is 2. The minimum atomic E-state index is -0.242. The molecule has 1 aliphatic rings. The van der Waals surface area contributed by atoms with Crippen molar-refractivity contribution in [1.82, 2.24) is 5.32 Å². The highest BCUT2D eigenvalue weighted by Crippen LogP contribution is 2.29. The molecule has 130 valence electrons. The summed E-state index contributed by atoms with van der Waals surface area (Å²) in [5, 5.41) is 4.11. The topological polar surface area (TPSA) is 49.4 Å². The molecule has 0 bridgehead atoms. The maximum Gasteiger partial charge on any atom is 0.253 e. The normalized spacial score (nSPS) is 15.3. The maximum atomic E-state index is 12.8. The summed E-state index contributed by atoms with van der Waals surface area (Å²) in [6.07, 6.45) is 1.28. The molecular weight excluding hydrogens is 359 g/mol. The number of anilines is 1. The van der Waals surface area contributed by atoms with Crippen molar-refractivity contribution < 1.29 is 9.59 Å². The Kier molecular flexibility index (Phi) is 5.30. The van der Waals surface area contributed by atoms with Crippen molar-refractivity contribution in [2.75, 3.05) is 11.4 Å². The van der Waals surface area contributed by atoms with Crippen LogP contribution >= 0.6 is 23.2 Å². The lowest BCUT2D eigenvalue weighted by atomic mass is 10.1. The second-order valence-corrected chi connectivity index (χ2v) is 6.93. The van der Waals surface area contributed by atoms with E-state index < -0.39 is 0 Å². The number of carbonyl (C=O) groups excluding carboxylic acids is 2. The van der Waals surface area contributed by atoms with Gasteiger partial charge in [-0.05, 0) is 49.2 Å². The minimum Gasteiger partial charge on any atom is -0.345 e. The van der Waals surface area contributed by atoms with Gasteiger partial charge in [0.2, 0.25) is 5.91 Å². The quantitative estimate of drug-likeness (QED) is 0.846. The molecule has 1 atom stereocenters. The molecule has 0 saturated carbocycles. The predicted octanol–water partition coefficient (Wildman–Crippen LogP) is 4.61. The fourth-order valence-electron chi connectivity index (χ4n) is 2.93. The summed E-state index contributed by atoms with van der Waals surface area (Å²) in [6, 6.07) is 12.1. The Morgan fingerprint density at radius 1 is 1.12 bits per heavy atom. The third-order valence-electron chi connectivity index (χ3n) is 4.29. The predicted molar refractivity (Wildman–Crippen MR) is 100 cm³/mol. The largest absolute Gasteiger partial charge is 0.345 e. The van der Waals surface area contributed by atoms with Crippen LogP contribution in [-0.2, 0) is 4.79 Å². The SMILES string of the molecule is CC(NC(=O)c1ccc(Cl)cc1N1CCCC1=O)c1ccc(Cl)cc1. The summed E-state index contributed by atoms with van der Waals surface area (Å²) in [4.78, 5) is 26.5. The summed E-state index contributed by atoms with van der Waals surface area (Å²) < 4.78 is 0. The Balaban J connectivity index is 1.84. The molecule has 0 radical (unpaired) electrons. The zero-order valence-corrected chi connectivity index (χ0v) is 15.3. The van der Waals surface area contributed by atoms with Gasteiger partial charge in [-0.2, -0.15) is 0 Å². The van der Waals surface area contributed by atoms with Crippen molar-refractivity contribution in [3.8, 4) is 0 Å². The summed E-state index contributed by atoms with van der Waals surface area (Å²) in [5.74, 6) is -0.226. The lowest BCUT2D eigenvalue weighted by molar-refractivity contribution is -0.117. The highest BCUT2D eigenvalue weighted by Gasteiger charge is 2.26. The average molecular weight is 377 g/mol. The molecule has 2 aromatic rings. The van der Waals surface area contributed by atoms with Crippen LogP contribution in [0, 0.1) is 0 Å². The van der Waals surface area contributed by atoms with Crippen molar-refractivity contribution in [3.63, 3.8) is 0 Å². The number of hydrogen-bond acceptors (Lipinski definition) is 2. The second kappa shape index (κ2) is 7.46. The van der Waals surface area contributed by atoms with E-state index >= 15 is 0 Å². The van der Waals surface area contributed by atoms with Crippen molar-refractivity contribution in [3.05, 3.63) is 63.6 Å². The van der Waals surface area contributed by atoms with E-state index in [0.717, 1.165) is 12.0 Å². The van der Waals surface area contributed by atoms with Gasteiger partial charge < -0.3 is 10.2 Å². The second-order valence-electron chi connectivity index (χ2n) is 6.06. The van der Waals surface area contributed by atoms with E-state index in [1.165, 1.54) is 0 Å². The Bertz CT molecular complexity index is 806. The van der Waals surface area contributed by atoms with Crippen molar-refractivity contribution in [2.45, 2.75) is 25.8 Å². The number of nitrogens with one attached hydrogen (secondary N) is 1. The highest BCUT2D eigenvalue weighted by molar-refractivity contribution is 6.31. The van der Waals surface area contributed by atoms with Crippen molar-refractivity contribution in [1.29, 1.82) is 0 Å². The monoisotopic (exact) mass is 376 g/mol. The smallest absolute Gasteiger partial charge is 0.253 e. The summed E-state index contributed by atoms with van der Waals surface area (Å²) in [6.45, 7) is 2.50. The molecule has 2 amide bonds. The van der Waals surface area contributed by atoms with Gasteiger partial charge in [0.15, 0.2) is 0 Å². The van der Waals surface area contributed by atoms with E-state index in [0.29, 0.717) is 34.3 Å².